The third-order valence-electron chi connectivity index (χ3n) is 7.22. The third-order valence-corrected chi connectivity index (χ3v) is 7.22. The normalized spacial score (nSPS) is 10.7. The summed E-state index contributed by atoms with van der Waals surface area (Å²) in [6, 6.07) is 27.6. The minimum Gasteiger partial charge on any atom is -0.453 e. The molecule has 0 atom stereocenters. The number of hydrogen-bond donors (Lipinski definition) is 4. The summed E-state index contributed by atoms with van der Waals surface area (Å²) in [5.74, 6) is 0.110. The zero-order chi connectivity index (χ0) is 39.8. The fourth-order valence-electron chi connectivity index (χ4n) is 4.77. The Labute approximate surface area is 324 Å². The largest absolute Gasteiger partial charge is 0.453 e. The predicted molar refractivity (Wildman–Crippen MR) is 207 cm³/mol. The first-order valence-corrected chi connectivity index (χ1v) is 17.6. The predicted octanol–water partition coefficient (Wildman–Crippen LogP) is 5.08. The highest BCUT2D eigenvalue weighted by Crippen LogP contribution is 2.35. The number of carbonyl (C=O) groups excluding carboxylic acids is 4. The van der Waals surface area contributed by atoms with Crippen LogP contribution in [0, 0.1) is 0 Å². The van der Waals surface area contributed by atoms with Crippen LogP contribution in [0.15, 0.2) is 97.1 Å². The number of para-hydroxylation sites is 8. The molecule has 0 aromatic heterocycles. The Balaban J connectivity index is 1.05. The van der Waals surface area contributed by atoms with Crippen LogP contribution < -0.4 is 30.7 Å². The van der Waals surface area contributed by atoms with E-state index in [2.05, 4.69) is 21.3 Å². The number of nitrogens with one attached hydrogen (secondary N) is 4. The number of amides is 4. The molecule has 0 bridgehead atoms. The molecule has 4 aromatic rings. The number of rotatable bonds is 25. The van der Waals surface area contributed by atoms with Gasteiger partial charge in [0.2, 0.25) is 23.6 Å². The molecule has 0 saturated heterocycles. The lowest BCUT2D eigenvalue weighted by Crippen LogP contribution is -2.21. The van der Waals surface area contributed by atoms with E-state index in [4.69, 9.17) is 37.9 Å². The van der Waals surface area contributed by atoms with Crippen LogP contribution in [0.1, 0.15) is 0 Å². The van der Waals surface area contributed by atoms with Gasteiger partial charge in [0.15, 0.2) is 23.0 Å². The Bertz CT molecular complexity index is 1720. The molecule has 4 amide bonds. The van der Waals surface area contributed by atoms with E-state index in [9.17, 15) is 19.2 Å². The first-order chi connectivity index (χ1) is 27.4. The van der Waals surface area contributed by atoms with E-state index in [1.807, 2.05) is 0 Å². The first-order valence-electron chi connectivity index (χ1n) is 17.6. The molecule has 0 aliphatic rings. The Morgan fingerprint density at radius 1 is 0.375 bits per heavy atom. The fraction of sp³-hybridized carbons (Fsp3) is 0.300. The second-order valence-electron chi connectivity index (χ2n) is 11.6. The zero-order valence-electron chi connectivity index (χ0n) is 31.2. The average Bonchev–Trinajstić information content (AvgIpc) is 3.18. The van der Waals surface area contributed by atoms with Gasteiger partial charge in [0, 0.05) is 14.2 Å². The highest BCUT2D eigenvalue weighted by Gasteiger charge is 2.14. The van der Waals surface area contributed by atoms with Crippen molar-refractivity contribution in [2.24, 2.45) is 0 Å². The van der Waals surface area contributed by atoms with Crippen LogP contribution in [0.3, 0.4) is 0 Å². The van der Waals surface area contributed by atoms with E-state index in [0.29, 0.717) is 59.0 Å². The number of hydrogen-bond acceptors (Lipinski definition) is 12. The van der Waals surface area contributed by atoms with Gasteiger partial charge >= 0.3 is 0 Å². The SMILES string of the molecule is COCC(=O)Nc1ccccc1Oc1ccccc1NC(=O)COCCOCCOCCOCC(=O)Nc1ccccc1Oc1ccccc1NC(=O)COC. The molecule has 4 rings (SSSR count). The molecule has 4 N–H and O–H groups in total. The van der Waals surface area contributed by atoms with Crippen molar-refractivity contribution in [2.75, 3.05) is 102 Å². The van der Waals surface area contributed by atoms with Crippen molar-refractivity contribution in [2.45, 2.75) is 0 Å². The van der Waals surface area contributed by atoms with Crippen molar-refractivity contribution < 1.29 is 57.1 Å². The lowest BCUT2D eigenvalue weighted by molar-refractivity contribution is -0.122. The Kier molecular flexibility index (Phi) is 18.8. The average molecular weight is 775 g/mol. The summed E-state index contributed by atoms with van der Waals surface area (Å²) in [6.07, 6.45) is 0. The van der Waals surface area contributed by atoms with Gasteiger partial charge in [-0.05, 0) is 48.5 Å². The first kappa shape index (κ1) is 42.9. The van der Waals surface area contributed by atoms with E-state index in [-0.39, 0.29) is 76.5 Å². The van der Waals surface area contributed by atoms with Crippen molar-refractivity contribution >= 4 is 46.4 Å². The molecule has 56 heavy (non-hydrogen) atoms. The van der Waals surface area contributed by atoms with Gasteiger partial charge in [0.25, 0.3) is 0 Å². The highest BCUT2D eigenvalue weighted by molar-refractivity contribution is 5.95. The monoisotopic (exact) mass is 774 g/mol. The Morgan fingerprint density at radius 3 is 0.911 bits per heavy atom. The van der Waals surface area contributed by atoms with Crippen LogP contribution in [-0.4, -0.2) is 104 Å². The smallest absolute Gasteiger partial charge is 0.250 e. The van der Waals surface area contributed by atoms with Crippen LogP contribution in [0.2, 0.25) is 0 Å². The molecule has 0 aliphatic heterocycles. The number of ether oxygens (including phenoxy) is 8. The number of anilines is 4. The molecule has 298 valence electrons. The maximum atomic E-state index is 12.6. The molecule has 0 fully saturated rings. The molecule has 0 saturated carbocycles. The quantitative estimate of drug-likeness (QED) is 0.0655. The Morgan fingerprint density at radius 2 is 0.625 bits per heavy atom. The van der Waals surface area contributed by atoms with Crippen LogP contribution in [0.4, 0.5) is 22.7 Å². The maximum absolute atomic E-state index is 12.6. The van der Waals surface area contributed by atoms with E-state index in [1.165, 1.54) is 14.2 Å². The summed E-state index contributed by atoms with van der Waals surface area (Å²) in [4.78, 5) is 49.1. The molecule has 16 heteroatoms. The van der Waals surface area contributed by atoms with Gasteiger partial charge in [0.05, 0.1) is 62.4 Å². The molecule has 4 aromatic carbocycles. The summed E-state index contributed by atoms with van der Waals surface area (Å²) >= 11 is 0. The number of methoxy groups -OCH3 is 2. The van der Waals surface area contributed by atoms with Crippen LogP contribution in [-0.2, 0) is 47.6 Å². The second kappa shape index (κ2) is 24.5. The van der Waals surface area contributed by atoms with Gasteiger partial charge in [-0.3, -0.25) is 19.2 Å². The van der Waals surface area contributed by atoms with Crippen molar-refractivity contribution in [1.29, 1.82) is 0 Å². The second-order valence-corrected chi connectivity index (χ2v) is 11.6. The Hall–Kier alpha value is -5.88. The maximum Gasteiger partial charge on any atom is 0.250 e. The minimum atomic E-state index is -0.385. The molecular formula is C40H46N4O12. The van der Waals surface area contributed by atoms with E-state index in [0.717, 1.165) is 0 Å². The molecule has 0 aliphatic carbocycles. The van der Waals surface area contributed by atoms with E-state index >= 15 is 0 Å². The summed E-state index contributed by atoms with van der Waals surface area (Å²) in [7, 11) is 2.86. The molecule has 0 unspecified atom stereocenters. The topological polar surface area (TPSA) is 190 Å². The van der Waals surface area contributed by atoms with Gasteiger partial charge in [0.1, 0.15) is 26.4 Å². The van der Waals surface area contributed by atoms with Crippen LogP contribution in [0.25, 0.3) is 0 Å². The number of carbonyl (C=O) groups is 4. The summed E-state index contributed by atoms with van der Waals surface area (Å²) in [5.41, 5.74) is 1.77. The van der Waals surface area contributed by atoms with E-state index < -0.39 is 0 Å². The van der Waals surface area contributed by atoms with Gasteiger partial charge in [-0.2, -0.15) is 0 Å². The fourth-order valence-corrected chi connectivity index (χ4v) is 4.77. The van der Waals surface area contributed by atoms with E-state index in [1.54, 1.807) is 97.1 Å². The molecule has 0 spiro atoms. The lowest BCUT2D eigenvalue weighted by atomic mass is 10.2. The van der Waals surface area contributed by atoms with Crippen molar-refractivity contribution in [1.82, 2.24) is 0 Å². The van der Waals surface area contributed by atoms with Crippen molar-refractivity contribution in [3.8, 4) is 23.0 Å². The van der Waals surface area contributed by atoms with Crippen LogP contribution in [0.5, 0.6) is 23.0 Å². The molecular weight excluding hydrogens is 728 g/mol. The summed E-state index contributed by atoms with van der Waals surface area (Å²) < 4.78 is 43.6. The molecule has 0 radical (unpaired) electrons. The lowest BCUT2D eigenvalue weighted by Gasteiger charge is -2.15. The van der Waals surface area contributed by atoms with Crippen LogP contribution >= 0.6 is 0 Å². The third kappa shape index (κ3) is 15.5. The molecule has 16 nitrogen and oxygen atoms in total. The molecule has 0 heterocycles. The van der Waals surface area contributed by atoms with Gasteiger partial charge in [-0.15, -0.1) is 0 Å². The zero-order valence-corrected chi connectivity index (χ0v) is 31.2. The van der Waals surface area contributed by atoms with Gasteiger partial charge in [-0.1, -0.05) is 48.5 Å². The summed E-state index contributed by atoms with van der Waals surface area (Å²) in [6.45, 7) is 0.841. The van der Waals surface area contributed by atoms with Crippen molar-refractivity contribution in [3.63, 3.8) is 0 Å². The summed E-state index contributed by atoms with van der Waals surface area (Å²) in [5, 5.41) is 11.0. The van der Waals surface area contributed by atoms with Gasteiger partial charge < -0.3 is 59.2 Å². The standard InChI is InChI=1S/C40H46N4O12/c1-49-25-37(45)41-29-11-3-7-15-33(29)55-35-17-9-5-13-31(35)43-39(47)27-53-23-21-51-19-20-52-22-24-54-28-40(48)44-32-14-6-10-18-36(32)56-34-16-8-4-12-30(34)42-38(46)26-50-2/h3-18H,19-28H2,1-2H3,(H,41,45)(H,42,46)(H,43,47)(H,44,48). The highest BCUT2D eigenvalue weighted by atomic mass is 16.6. The van der Waals surface area contributed by atoms with Crippen molar-refractivity contribution in [3.05, 3.63) is 97.1 Å². The van der Waals surface area contributed by atoms with Gasteiger partial charge in [-0.25, -0.2) is 0 Å². The number of benzene rings is 4. The minimum absolute atomic E-state index is 0.103.